The average Bonchev–Trinajstić information content (AvgIpc) is 2.82. The summed E-state index contributed by atoms with van der Waals surface area (Å²) < 4.78 is 33.0. The van der Waals surface area contributed by atoms with Crippen LogP contribution in [-0.2, 0) is 21.3 Å². The molecule has 2 N–H and O–H groups in total. The summed E-state index contributed by atoms with van der Waals surface area (Å²) in [7, 11) is -3.46. The summed E-state index contributed by atoms with van der Waals surface area (Å²) in [6.45, 7) is 7.28. The van der Waals surface area contributed by atoms with Crippen LogP contribution >= 0.6 is 27.3 Å². The highest BCUT2D eigenvalue weighted by Gasteiger charge is 2.20. The number of hydrogen-bond acceptors (Lipinski definition) is 5. The molecular weight excluding hydrogens is 376 g/mol. The van der Waals surface area contributed by atoms with Crippen LogP contribution in [0.1, 0.15) is 31.6 Å². The molecule has 0 unspecified atom stereocenters. The van der Waals surface area contributed by atoms with Gasteiger partial charge in [-0.25, -0.2) is 13.1 Å². The second-order valence-corrected chi connectivity index (χ2v) is 8.68. The van der Waals surface area contributed by atoms with E-state index in [-0.39, 0.29) is 0 Å². The number of hydrogen-bond donors (Lipinski definition) is 2. The molecule has 0 aliphatic heterocycles. The van der Waals surface area contributed by atoms with Gasteiger partial charge in [-0.15, -0.1) is 11.3 Å². The van der Waals surface area contributed by atoms with E-state index in [0.29, 0.717) is 34.8 Å². The van der Waals surface area contributed by atoms with Gasteiger partial charge in [-0.05, 0) is 41.4 Å². The van der Waals surface area contributed by atoms with Crippen LogP contribution in [0.3, 0.4) is 0 Å². The molecule has 122 valence electrons. The fourth-order valence-electron chi connectivity index (χ4n) is 1.62. The summed E-state index contributed by atoms with van der Waals surface area (Å²) in [6.07, 6.45) is 1.65. The summed E-state index contributed by atoms with van der Waals surface area (Å²) in [5, 5.41) is 3.19. The van der Waals surface area contributed by atoms with Gasteiger partial charge in [0.15, 0.2) is 0 Å². The first-order valence-corrected chi connectivity index (χ1v) is 10.2. The second-order valence-electron chi connectivity index (χ2n) is 4.49. The minimum atomic E-state index is -3.46. The van der Waals surface area contributed by atoms with Crippen molar-refractivity contribution in [1.82, 2.24) is 10.0 Å². The van der Waals surface area contributed by atoms with E-state index in [4.69, 9.17) is 4.74 Å². The number of rotatable bonds is 11. The van der Waals surface area contributed by atoms with Crippen molar-refractivity contribution >= 4 is 37.3 Å². The normalized spacial score (nSPS) is 12.0. The summed E-state index contributed by atoms with van der Waals surface area (Å²) in [4.78, 5) is 1.31. The molecule has 0 bridgehead atoms. The van der Waals surface area contributed by atoms with E-state index >= 15 is 0 Å². The fraction of sp³-hybridized carbons (Fsp3) is 0.692. The van der Waals surface area contributed by atoms with E-state index in [0.717, 1.165) is 24.4 Å². The molecular formula is C13H23BrN2O3S2. The maximum Gasteiger partial charge on any atom is 0.242 e. The number of nitrogens with one attached hydrogen (secondary N) is 2. The molecule has 21 heavy (non-hydrogen) atoms. The number of thiophene rings is 1. The Morgan fingerprint density at radius 3 is 2.76 bits per heavy atom. The zero-order valence-corrected chi connectivity index (χ0v) is 15.7. The molecule has 1 heterocycles. The predicted octanol–water partition coefficient (Wildman–Crippen LogP) is 2.72. The first-order valence-electron chi connectivity index (χ1n) is 7.07. The van der Waals surface area contributed by atoms with Crippen LogP contribution in [0.25, 0.3) is 0 Å². The van der Waals surface area contributed by atoms with Crippen LogP contribution in [0, 0.1) is 0 Å². The third-order valence-corrected chi connectivity index (χ3v) is 6.36. The SMILES string of the molecule is CCCOCCCNS(=O)(=O)c1cc(CNCC)sc1Br. The molecule has 0 saturated heterocycles. The van der Waals surface area contributed by atoms with Crippen LogP contribution in [0.5, 0.6) is 0 Å². The smallest absolute Gasteiger partial charge is 0.242 e. The number of sulfonamides is 1. The maximum atomic E-state index is 12.2. The molecule has 0 aliphatic carbocycles. The van der Waals surface area contributed by atoms with E-state index in [1.165, 1.54) is 11.3 Å². The highest BCUT2D eigenvalue weighted by atomic mass is 79.9. The molecule has 0 aromatic carbocycles. The lowest BCUT2D eigenvalue weighted by Crippen LogP contribution is -2.25. The van der Waals surface area contributed by atoms with Crippen LogP contribution in [0.2, 0.25) is 0 Å². The molecule has 0 fully saturated rings. The number of ether oxygens (including phenoxy) is 1. The molecule has 1 aromatic rings. The zero-order chi connectivity index (χ0) is 15.7. The van der Waals surface area contributed by atoms with E-state index in [9.17, 15) is 8.42 Å². The van der Waals surface area contributed by atoms with E-state index in [1.807, 2.05) is 13.8 Å². The Morgan fingerprint density at radius 2 is 2.10 bits per heavy atom. The highest BCUT2D eigenvalue weighted by molar-refractivity contribution is 9.11. The van der Waals surface area contributed by atoms with Crippen LogP contribution in [0.4, 0.5) is 0 Å². The van der Waals surface area contributed by atoms with Crippen molar-refractivity contribution < 1.29 is 13.2 Å². The lowest BCUT2D eigenvalue weighted by atomic mass is 10.4. The maximum absolute atomic E-state index is 12.2. The molecule has 1 aromatic heterocycles. The summed E-state index contributed by atoms with van der Waals surface area (Å²) in [6, 6.07) is 1.72. The topological polar surface area (TPSA) is 67.4 Å². The van der Waals surface area contributed by atoms with Crippen molar-refractivity contribution in [1.29, 1.82) is 0 Å². The minimum absolute atomic E-state index is 0.315. The molecule has 0 atom stereocenters. The molecule has 5 nitrogen and oxygen atoms in total. The quantitative estimate of drug-likeness (QED) is 0.562. The Hall–Kier alpha value is 0.01000. The summed E-state index contributed by atoms with van der Waals surface area (Å²) in [5.74, 6) is 0. The van der Waals surface area contributed by atoms with Gasteiger partial charge in [0.25, 0.3) is 0 Å². The predicted molar refractivity (Wildman–Crippen MR) is 90.3 cm³/mol. The van der Waals surface area contributed by atoms with Crippen molar-refractivity contribution in [3.05, 3.63) is 14.7 Å². The van der Waals surface area contributed by atoms with Gasteiger partial charge < -0.3 is 10.1 Å². The standard InChI is InChI=1S/C13H23BrN2O3S2/c1-3-7-19-8-5-6-16-21(17,18)12-9-11(10-15-4-2)20-13(12)14/h9,15-16H,3-8,10H2,1-2H3. The summed E-state index contributed by atoms with van der Waals surface area (Å²) >= 11 is 4.78. The largest absolute Gasteiger partial charge is 0.381 e. The molecule has 0 spiro atoms. The second kappa shape index (κ2) is 9.91. The van der Waals surface area contributed by atoms with Gasteiger partial charge >= 0.3 is 0 Å². The zero-order valence-electron chi connectivity index (χ0n) is 12.4. The monoisotopic (exact) mass is 398 g/mol. The van der Waals surface area contributed by atoms with Crippen molar-refractivity contribution in [2.75, 3.05) is 26.3 Å². The van der Waals surface area contributed by atoms with Gasteiger partial charge in [0.05, 0.1) is 3.79 Å². The summed E-state index contributed by atoms with van der Waals surface area (Å²) in [5.41, 5.74) is 0. The van der Waals surface area contributed by atoms with Gasteiger partial charge in [0.1, 0.15) is 4.90 Å². The molecule has 8 heteroatoms. The van der Waals surface area contributed by atoms with E-state index in [2.05, 4.69) is 26.0 Å². The van der Waals surface area contributed by atoms with Crippen molar-refractivity contribution in [2.45, 2.75) is 38.1 Å². The highest BCUT2D eigenvalue weighted by Crippen LogP contribution is 2.31. The first kappa shape index (κ1) is 19.1. The van der Waals surface area contributed by atoms with Gasteiger partial charge in [-0.2, -0.15) is 0 Å². The third-order valence-electron chi connectivity index (χ3n) is 2.65. The molecule has 0 amide bonds. The average molecular weight is 399 g/mol. The van der Waals surface area contributed by atoms with Crippen LogP contribution in [-0.4, -0.2) is 34.7 Å². The first-order chi connectivity index (χ1) is 10.0. The molecule has 0 radical (unpaired) electrons. The third kappa shape index (κ3) is 6.75. The Morgan fingerprint density at radius 1 is 1.33 bits per heavy atom. The lowest BCUT2D eigenvalue weighted by Gasteiger charge is -2.06. The minimum Gasteiger partial charge on any atom is -0.381 e. The van der Waals surface area contributed by atoms with Crippen molar-refractivity contribution in [3.63, 3.8) is 0 Å². The van der Waals surface area contributed by atoms with Crippen molar-refractivity contribution in [2.24, 2.45) is 0 Å². The Bertz CT molecular complexity index is 517. The fourth-order valence-corrected chi connectivity index (χ4v) is 5.35. The van der Waals surface area contributed by atoms with Gasteiger partial charge in [-0.3, -0.25) is 0 Å². The molecule has 1 rings (SSSR count). The molecule has 0 saturated carbocycles. The Balaban J connectivity index is 2.51. The van der Waals surface area contributed by atoms with Crippen molar-refractivity contribution in [3.8, 4) is 0 Å². The van der Waals surface area contributed by atoms with Gasteiger partial charge in [0, 0.05) is 31.2 Å². The van der Waals surface area contributed by atoms with E-state index < -0.39 is 10.0 Å². The van der Waals surface area contributed by atoms with Crippen LogP contribution in [0.15, 0.2) is 14.7 Å². The van der Waals surface area contributed by atoms with E-state index in [1.54, 1.807) is 6.07 Å². The van der Waals surface area contributed by atoms with Gasteiger partial charge in [0.2, 0.25) is 10.0 Å². The number of halogens is 1. The molecule has 0 aliphatic rings. The van der Waals surface area contributed by atoms with Crippen LogP contribution < -0.4 is 10.0 Å². The van der Waals surface area contributed by atoms with Gasteiger partial charge in [-0.1, -0.05) is 13.8 Å². The lowest BCUT2D eigenvalue weighted by molar-refractivity contribution is 0.133. The Labute approximate surface area is 139 Å². The Kier molecular flexibility index (Phi) is 9.00.